The average Bonchev–Trinajstić information content (AvgIpc) is 3.09. The fourth-order valence-corrected chi connectivity index (χ4v) is 6.50. The second kappa shape index (κ2) is 18.8. The molecule has 0 bridgehead atoms. The molecular formula is C36H54N6O10. The summed E-state index contributed by atoms with van der Waals surface area (Å²) in [5.74, 6) is -2.77. The van der Waals surface area contributed by atoms with Gasteiger partial charge in [-0.05, 0) is 74.9 Å². The van der Waals surface area contributed by atoms with Crippen LogP contribution >= 0.6 is 0 Å². The molecule has 16 nitrogen and oxygen atoms in total. The van der Waals surface area contributed by atoms with Gasteiger partial charge in [0.05, 0.1) is 25.4 Å². The fraction of sp³-hybridized carbons (Fsp3) is 0.528. The number of carbonyl (C=O) groups excluding carboxylic acids is 5. The van der Waals surface area contributed by atoms with Crippen LogP contribution in [0.25, 0.3) is 0 Å². The number of likely N-dealkylation sites (N-methyl/N-ethyl adjacent to an activating group) is 3. The van der Waals surface area contributed by atoms with E-state index in [4.69, 9.17) is 0 Å². The van der Waals surface area contributed by atoms with E-state index in [1.165, 1.54) is 35.8 Å². The van der Waals surface area contributed by atoms with Crippen LogP contribution in [-0.2, 0) is 4.79 Å². The number of carbonyl (C=O) groups is 5. The highest BCUT2D eigenvalue weighted by molar-refractivity contribution is 6.08. The molecule has 0 aliphatic carbocycles. The zero-order valence-corrected chi connectivity index (χ0v) is 31.7. The van der Waals surface area contributed by atoms with Crippen molar-refractivity contribution in [1.29, 1.82) is 0 Å². The van der Waals surface area contributed by atoms with E-state index >= 15 is 0 Å². The molecule has 0 saturated carbocycles. The molecule has 2 aromatic rings. The Morgan fingerprint density at radius 3 is 1.38 bits per heavy atom. The summed E-state index contributed by atoms with van der Waals surface area (Å²) in [4.78, 5) is 70.9. The first-order chi connectivity index (χ1) is 24.3. The second-order valence-corrected chi connectivity index (χ2v) is 13.0. The standard InChI is InChI=1S/C36H54N6O10/c1-18-27(20(3)31(37-7)21(4)28(18)35(51)41(9)13-24(46)15-43)33(49)38-11-12-40(8)34(50)29-19(2)30(36(52)42(10)14-25(47)16-44)23(6)32(22(29)5)39-26(48)17-45/h24-25,37,43-47H,11-17H2,1-10H3,(H,38,49)(H,39,48). The van der Waals surface area contributed by atoms with Gasteiger partial charge in [-0.25, -0.2) is 0 Å². The summed E-state index contributed by atoms with van der Waals surface area (Å²) in [6.07, 6.45) is -2.34. The second-order valence-electron chi connectivity index (χ2n) is 13.0. The summed E-state index contributed by atoms with van der Waals surface area (Å²) in [5, 5.41) is 56.2. The lowest BCUT2D eigenvalue weighted by Gasteiger charge is -2.27. The van der Waals surface area contributed by atoms with Gasteiger partial charge in [-0.3, -0.25) is 24.0 Å². The average molecular weight is 731 g/mol. The smallest absolute Gasteiger partial charge is 0.254 e. The molecule has 52 heavy (non-hydrogen) atoms. The number of nitrogens with zero attached hydrogens (tertiary/aromatic N) is 3. The molecule has 288 valence electrons. The van der Waals surface area contributed by atoms with Crippen LogP contribution in [0.4, 0.5) is 11.4 Å². The molecule has 2 atom stereocenters. The number of anilines is 2. The van der Waals surface area contributed by atoms with Gasteiger partial charge in [0.2, 0.25) is 5.91 Å². The van der Waals surface area contributed by atoms with Gasteiger partial charge in [0.25, 0.3) is 23.6 Å². The zero-order chi connectivity index (χ0) is 39.8. The van der Waals surface area contributed by atoms with Crippen LogP contribution in [-0.4, -0.2) is 156 Å². The van der Waals surface area contributed by atoms with Crippen LogP contribution in [0.5, 0.6) is 0 Å². The van der Waals surface area contributed by atoms with Crippen LogP contribution in [0.15, 0.2) is 0 Å². The van der Waals surface area contributed by atoms with Crippen molar-refractivity contribution in [3.05, 3.63) is 55.6 Å². The SMILES string of the molecule is CNc1c(C)c(C(=O)NCCN(C)C(=O)c2c(C)c(NC(=O)CO)c(C)c(C(=O)N(C)CC(O)CO)c2C)c(C)c(C(=O)N(C)CC(O)CO)c1C. The molecule has 0 aliphatic heterocycles. The number of nitrogens with one attached hydrogen (secondary N) is 3. The van der Waals surface area contributed by atoms with Gasteiger partial charge >= 0.3 is 0 Å². The van der Waals surface area contributed by atoms with E-state index in [2.05, 4.69) is 16.0 Å². The molecule has 0 spiro atoms. The third kappa shape index (κ3) is 9.43. The number of aliphatic hydroxyl groups is 5. The fourth-order valence-electron chi connectivity index (χ4n) is 6.50. The first kappa shape index (κ1) is 43.6. The molecule has 5 amide bonds. The molecule has 2 unspecified atom stereocenters. The minimum Gasteiger partial charge on any atom is -0.394 e. The Hall–Kier alpha value is -4.61. The number of amides is 5. The Bertz CT molecular complexity index is 1690. The van der Waals surface area contributed by atoms with Crippen molar-refractivity contribution in [2.75, 3.05) is 84.8 Å². The lowest BCUT2D eigenvalue weighted by molar-refractivity contribution is -0.118. The summed E-state index contributed by atoms with van der Waals surface area (Å²) in [7, 11) is 6.11. The molecule has 0 radical (unpaired) electrons. The maximum atomic E-state index is 14.0. The normalized spacial score (nSPS) is 12.1. The lowest BCUT2D eigenvalue weighted by Crippen LogP contribution is -2.39. The Morgan fingerprint density at radius 1 is 0.596 bits per heavy atom. The number of aliphatic hydroxyl groups excluding tert-OH is 5. The van der Waals surface area contributed by atoms with Crippen molar-refractivity contribution >= 4 is 40.9 Å². The molecule has 2 rings (SSSR count). The van der Waals surface area contributed by atoms with Gasteiger partial charge in [0, 0.05) is 88.0 Å². The molecule has 0 aliphatic rings. The third-order valence-corrected chi connectivity index (χ3v) is 9.19. The van der Waals surface area contributed by atoms with Crippen molar-refractivity contribution in [2.24, 2.45) is 0 Å². The van der Waals surface area contributed by atoms with E-state index in [1.807, 2.05) is 0 Å². The van der Waals surface area contributed by atoms with Gasteiger partial charge in [0.1, 0.15) is 6.61 Å². The molecule has 0 saturated heterocycles. The quantitative estimate of drug-likeness (QED) is 0.113. The highest BCUT2D eigenvalue weighted by atomic mass is 16.3. The molecule has 0 fully saturated rings. The Kier molecular flexibility index (Phi) is 15.7. The maximum Gasteiger partial charge on any atom is 0.254 e. The van der Waals surface area contributed by atoms with E-state index in [1.54, 1.807) is 48.6 Å². The van der Waals surface area contributed by atoms with Crippen LogP contribution in [0.1, 0.15) is 74.8 Å². The lowest BCUT2D eigenvalue weighted by atomic mass is 9.89. The molecule has 0 aromatic heterocycles. The van der Waals surface area contributed by atoms with Crippen LogP contribution in [0.3, 0.4) is 0 Å². The first-order valence-electron chi connectivity index (χ1n) is 16.8. The first-order valence-corrected chi connectivity index (χ1v) is 16.8. The minimum atomic E-state index is -1.20. The number of rotatable bonds is 16. The highest BCUT2D eigenvalue weighted by Gasteiger charge is 2.30. The largest absolute Gasteiger partial charge is 0.394 e. The van der Waals surface area contributed by atoms with Gasteiger partial charge < -0.3 is 56.2 Å². The molecule has 0 heterocycles. The van der Waals surface area contributed by atoms with Crippen molar-refractivity contribution in [2.45, 2.75) is 53.8 Å². The summed E-state index contributed by atoms with van der Waals surface area (Å²) in [6, 6.07) is 0. The molecule has 8 N–H and O–H groups in total. The third-order valence-electron chi connectivity index (χ3n) is 9.19. The van der Waals surface area contributed by atoms with Crippen molar-refractivity contribution in [1.82, 2.24) is 20.0 Å². The van der Waals surface area contributed by atoms with Crippen molar-refractivity contribution in [3.63, 3.8) is 0 Å². The zero-order valence-electron chi connectivity index (χ0n) is 31.7. The van der Waals surface area contributed by atoms with E-state index in [-0.39, 0.29) is 54.1 Å². The number of hydrogen-bond donors (Lipinski definition) is 8. The van der Waals surface area contributed by atoms with Crippen LogP contribution < -0.4 is 16.0 Å². The van der Waals surface area contributed by atoms with Gasteiger partial charge in [0.15, 0.2) is 0 Å². The Morgan fingerprint density at radius 2 is 0.981 bits per heavy atom. The van der Waals surface area contributed by atoms with Crippen molar-refractivity contribution in [3.8, 4) is 0 Å². The monoisotopic (exact) mass is 730 g/mol. The van der Waals surface area contributed by atoms with Gasteiger partial charge in [-0.2, -0.15) is 0 Å². The van der Waals surface area contributed by atoms with E-state index in [9.17, 15) is 49.5 Å². The minimum absolute atomic E-state index is 0.000226. The Labute approximate surface area is 304 Å². The van der Waals surface area contributed by atoms with Crippen LogP contribution in [0, 0.1) is 41.5 Å². The van der Waals surface area contributed by atoms with Crippen LogP contribution in [0.2, 0.25) is 0 Å². The molecule has 2 aromatic carbocycles. The van der Waals surface area contributed by atoms with E-state index < -0.39 is 61.6 Å². The van der Waals surface area contributed by atoms with E-state index in [0.29, 0.717) is 39.1 Å². The molecule has 16 heteroatoms. The number of hydrogen-bond acceptors (Lipinski definition) is 11. The molecular weight excluding hydrogens is 676 g/mol. The summed E-state index contributed by atoms with van der Waals surface area (Å²) < 4.78 is 0. The van der Waals surface area contributed by atoms with Gasteiger partial charge in [-0.1, -0.05) is 0 Å². The highest BCUT2D eigenvalue weighted by Crippen LogP contribution is 2.34. The summed E-state index contributed by atoms with van der Waals surface area (Å²) in [5.41, 5.74) is 4.15. The van der Waals surface area contributed by atoms with Gasteiger partial charge in [-0.15, -0.1) is 0 Å². The van der Waals surface area contributed by atoms with Crippen molar-refractivity contribution < 1.29 is 49.5 Å². The predicted molar refractivity (Wildman–Crippen MR) is 196 cm³/mol. The summed E-state index contributed by atoms with van der Waals surface area (Å²) >= 11 is 0. The van der Waals surface area contributed by atoms with E-state index in [0.717, 1.165) is 0 Å². The topological polar surface area (TPSA) is 232 Å². The summed E-state index contributed by atoms with van der Waals surface area (Å²) in [6.45, 7) is 7.73. The number of benzene rings is 2. The maximum absolute atomic E-state index is 14.0. The Balaban J connectivity index is 2.47. The predicted octanol–water partition coefficient (Wildman–Crippen LogP) is -0.138.